The SMILES string of the molecule is CCCCC(=O)NC(F)(c1cc(O)cc(OCc2ccccc2)c1)[Si](C)(CF)CNC(=O)OC(C)(C)C. The van der Waals surface area contributed by atoms with Crippen molar-refractivity contribution < 1.29 is 33.0 Å². The average Bonchev–Trinajstić information content (AvgIpc) is 2.84. The number of alkyl carbamates (subject to hydrolysis) is 1. The first kappa shape index (κ1) is 30.1. The van der Waals surface area contributed by atoms with Crippen LogP contribution in [0.1, 0.15) is 58.1 Å². The highest BCUT2D eigenvalue weighted by Crippen LogP contribution is 2.38. The van der Waals surface area contributed by atoms with E-state index in [4.69, 9.17) is 9.47 Å². The molecule has 0 bridgehead atoms. The molecule has 0 radical (unpaired) electrons. The van der Waals surface area contributed by atoms with Gasteiger partial charge in [-0.05, 0) is 44.9 Å². The number of hydrogen-bond donors (Lipinski definition) is 3. The first-order valence-electron chi connectivity index (χ1n) is 12.4. The first-order valence-corrected chi connectivity index (χ1v) is 15.3. The number of carbonyl (C=O) groups excluding carboxylic acids is 2. The van der Waals surface area contributed by atoms with E-state index in [1.165, 1.54) is 18.7 Å². The molecule has 2 atom stereocenters. The Morgan fingerprint density at radius 2 is 1.78 bits per heavy atom. The molecule has 7 nitrogen and oxygen atoms in total. The predicted octanol–water partition coefficient (Wildman–Crippen LogP) is 5.59. The molecule has 0 aliphatic rings. The molecule has 37 heavy (non-hydrogen) atoms. The van der Waals surface area contributed by atoms with E-state index in [9.17, 15) is 19.1 Å². The van der Waals surface area contributed by atoms with Gasteiger partial charge in [0.2, 0.25) is 5.91 Å². The summed E-state index contributed by atoms with van der Waals surface area (Å²) in [5, 5.41) is 15.3. The lowest BCUT2D eigenvalue weighted by Crippen LogP contribution is -2.67. The summed E-state index contributed by atoms with van der Waals surface area (Å²) in [6, 6.07) is 13.1. The minimum Gasteiger partial charge on any atom is -0.508 e. The van der Waals surface area contributed by atoms with Crippen molar-refractivity contribution in [2.24, 2.45) is 0 Å². The normalized spacial score (nSPS) is 14.7. The molecule has 3 N–H and O–H groups in total. The summed E-state index contributed by atoms with van der Waals surface area (Å²) < 4.78 is 42.8. The Balaban J connectivity index is 2.43. The van der Waals surface area contributed by atoms with Crippen molar-refractivity contribution in [3.05, 3.63) is 59.7 Å². The summed E-state index contributed by atoms with van der Waals surface area (Å²) in [7, 11) is -3.83. The number of phenolic OH excluding ortho intramolecular Hbond substituents is 1. The van der Waals surface area contributed by atoms with Crippen LogP contribution >= 0.6 is 0 Å². The molecule has 204 valence electrons. The lowest BCUT2D eigenvalue weighted by molar-refractivity contribution is -0.124. The van der Waals surface area contributed by atoms with Crippen LogP contribution in [0.3, 0.4) is 0 Å². The number of unbranched alkanes of at least 4 members (excludes halogenated alkanes) is 1. The van der Waals surface area contributed by atoms with Crippen molar-refractivity contribution in [3.8, 4) is 11.5 Å². The third-order valence-electron chi connectivity index (χ3n) is 5.75. The van der Waals surface area contributed by atoms with E-state index < -0.39 is 37.4 Å². The minimum absolute atomic E-state index is 0.0502. The zero-order chi connectivity index (χ0) is 27.7. The van der Waals surface area contributed by atoms with Crippen LogP contribution in [0.5, 0.6) is 11.5 Å². The van der Waals surface area contributed by atoms with Gasteiger partial charge in [-0.3, -0.25) is 9.18 Å². The molecule has 2 unspecified atom stereocenters. The molecule has 0 spiro atoms. The van der Waals surface area contributed by atoms with Crippen LogP contribution in [-0.4, -0.2) is 43.2 Å². The Labute approximate surface area is 218 Å². The number of aromatic hydroxyl groups is 1. The van der Waals surface area contributed by atoms with Crippen molar-refractivity contribution in [1.82, 2.24) is 10.6 Å². The number of benzene rings is 2. The van der Waals surface area contributed by atoms with Gasteiger partial charge in [-0.15, -0.1) is 0 Å². The van der Waals surface area contributed by atoms with Crippen LogP contribution in [0.4, 0.5) is 13.6 Å². The fraction of sp³-hybridized carbons (Fsp3) is 0.481. The number of carbonyl (C=O) groups is 2. The quantitative estimate of drug-likeness (QED) is 0.243. The molecule has 0 heterocycles. The van der Waals surface area contributed by atoms with Gasteiger partial charge in [0.25, 0.3) is 0 Å². The van der Waals surface area contributed by atoms with Gasteiger partial charge in [0, 0.05) is 24.2 Å². The molecule has 0 aliphatic heterocycles. The van der Waals surface area contributed by atoms with Crippen molar-refractivity contribution >= 4 is 20.1 Å². The number of hydrogen-bond acceptors (Lipinski definition) is 5. The van der Waals surface area contributed by atoms with Gasteiger partial charge in [-0.1, -0.05) is 50.2 Å². The van der Waals surface area contributed by atoms with Crippen LogP contribution < -0.4 is 15.4 Å². The first-order chi connectivity index (χ1) is 17.3. The monoisotopic (exact) mass is 536 g/mol. The maximum absolute atomic E-state index is 17.1. The van der Waals surface area contributed by atoms with Crippen LogP contribution in [0, 0.1) is 0 Å². The number of phenols is 1. The van der Waals surface area contributed by atoms with Crippen LogP contribution in [0.25, 0.3) is 0 Å². The summed E-state index contributed by atoms with van der Waals surface area (Å²) in [6.45, 7) is 8.48. The highest BCUT2D eigenvalue weighted by Gasteiger charge is 2.54. The molecule has 2 aromatic carbocycles. The van der Waals surface area contributed by atoms with E-state index >= 15 is 4.39 Å². The predicted molar refractivity (Wildman–Crippen MR) is 141 cm³/mol. The van der Waals surface area contributed by atoms with Gasteiger partial charge in [0.15, 0.2) is 13.5 Å². The van der Waals surface area contributed by atoms with Crippen LogP contribution in [-0.2, 0) is 21.6 Å². The van der Waals surface area contributed by atoms with Crippen molar-refractivity contribution in [3.63, 3.8) is 0 Å². The van der Waals surface area contributed by atoms with Crippen molar-refractivity contribution in [2.45, 2.75) is 71.1 Å². The molecule has 0 aromatic heterocycles. The smallest absolute Gasteiger partial charge is 0.407 e. The lowest BCUT2D eigenvalue weighted by atomic mass is 10.1. The topological polar surface area (TPSA) is 96.9 Å². The second-order valence-electron chi connectivity index (χ2n) is 10.3. The summed E-state index contributed by atoms with van der Waals surface area (Å²) >= 11 is 0. The molecule has 0 saturated carbocycles. The average molecular weight is 537 g/mol. The largest absolute Gasteiger partial charge is 0.508 e. The van der Waals surface area contributed by atoms with Gasteiger partial charge in [0.05, 0.1) is 6.30 Å². The molecule has 2 aromatic rings. The summed E-state index contributed by atoms with van der Waals surface area (Å²) in [4.78, 5) is 25.0. The van der Waals surface area contributed by atoms with Crippen molar-refractivity contribution in [2.75, 3.05) is 12.5 Å². The molecule has 2 rings (SSSR count). The van der Waals surface area contributed by atoms with E-state index in [0.29, 0.717) is 12.8 Å². The van der Waals surface area contributed by atoms with Gasteiger partial charge >= 0.3 is 6.09 Å². The van der Waals surface area contributed by atoms with Crippen LogP contribution in [0.2, 0.25) is 6.55 Å². The zero-order valence-electron chi connectivity index (χ0n) is 22.2. The third-order valence-corrected chi connectivity index (χ3v) is 9.38. The Kier molecular flexibility index (Phi) is 10.5. The number of halogens is 2. The summed E-state index contributed by atoms with van der Waals surface area (Å²) in [6.07, 6.45) is -0.996. The number of alkyl halides is 2. The van der Waals surface area contributed by atoms with Gasteiger partial charge in [-0.25, -0.2) is 9.18 Å². The second kappa shape index (κ2) is 12.9. The molecule has 0 aliphatic carbocycles. The Morgan fingerprint density at radius 3 is 2.38 bits per heavy atom. The Morgan fingerprint density at radius 1 is 1.11 bits per heavy atom. The molecular formula is C27H38F2N2O5Si. The maximum Gasteiger partial charge on any atom is 0.407 e. The molecule has 10 heteroatoms. The number of ether oxygens (including phenoxy) is 2. The summed E-state index contributed by atoms with van der Waals surface area (Å²) in [5.74, 6) is -0.747. The number of nitrogens with one attached hydrogen (secondary N) is 2. The van der Waals surface area contributed by atoms with E-state index in [2.05, 4.69) is 10.6 Å². The van der Waals surface area contributed by atoms with Crippen molar-refractivity contribution in [1.29, 1.82) is 0 Å². The lowest BCUT2D eigenvalue weighted by Gasteiger charge is -2.40. The van der Waals surface area contributed by atoms with E-state index in [1.807, 2.05) is 37.3 Å². The molecule has 0 fully saturated rings. The van der Waals surface area contributed by atoms with E-state index in [0.717, 1.165) is 11.6 Å². The van der Waals surface area contributed by atoms with Gasteiger partial charge in [0.1, 0.15) is 23.7 Å². The zero-order valence-corrected chi connectivity index (χ0v) is 23.2. The fourth-order valence-corrected chi connectivity index (χ4v) is 5.95. The third kappa shape index (κ3) is 8.73. The molecular weight excluding hydrogens is 498 g/mol. The highest BCUT2D eigenvalue weighted by atomic mass is 28.3. The van der Waals surface area contributed by atoms with Crippen LogP contribution in [0.15, 0.2) is 48.5 Å². The van der Waals surface area contributed by atoms with E-state index in [1.54, 1.807) is 20.8 Å². The Hall–Kier alpha value is -3.14. The molecule has 2 amide bonds. The Bertz CT molecular complexity index is 1050. The van der Waals surface area contributed by atoms with Gasteiger partial charge < -0.3 is 25.2 Å². The standard InChI is InChI=1S/C27H38F2N2O5Si/c1-6-7-13-24(33)31-27(29,37(5,18-28)19-30-25(34)36-26(2,3)4)21-14-22(32)16-23(15-21)35-17-20-11-9-8-10-12-20/h8-12,14-16,32H,6-7,13,17-19H2,1-5H3,(H,30,34)(H,31,33). The van der Waals surface area contributed by atoms with Gasteiger partial charge in [-0.2, -0.15) is 0 Å². The minimum atomic E-state index is -3.83. The maximum atomic E-state index is 17.1. The number of amides is 2. The number of rotatable bonds is 12. The highest BCUT2D eigenvalue weighted by molar-refractivity contribution is 6.81. The molecule has 0 saturated heterocycles. The second-order valence-corrected chi connectivity index (χ2v) is 14.8. The summed E-state index contributed by atoms with van der Waals surface area (Å²) in [5.41, 5.74) is -2.77. The van der Waals surface area contributed by atoms with E-state index in [-0.39, 0.29) is 36.3 Å². The fourth-order valence-electron chi connectivity index (χ4n) is 3.61.